The van der Waals surface area contributed by atoms with Crippen molar-refractivity contribution < 1.29 is 22.8 Å². The SMILES string of the molecule is O=C(NC1(C(=O)N[C@@]2(C3CCC(c4ccccc4)CC3)CCNC2)CC1)c1cccc(C(F)(F)F)c1. The highest BCUT2D eigenvalue weighted by molar-refractivity contribution is 6.01. The maximum Gasteiger partial charge on any atom is 0.416 e. The average molecular weight is 500 g/mol. The first-order chi connectivity index (χ1) is 17.2. The summed E-state index contributed by atoms with van der Waals surface area (Å²) in [6, 6.07) is 14.9. The minimum atomic E-state index is -4.54. The predicted molar refractivity (Wildman–Crippen MR) is 130 cm³/mol. The maximum absolute atomic E-state index is 13.5. The van der Waals surface area contributed by atoms with Crippen LogP contribution in [0.5, 0.6) is 0 Å². The molecule has 3 fully saturated rings. The van der Waals surface area contributed by atoms with E-state index in [1.54, 1.807) is 0 Å². The van der Waals surface area contributed by atoms with Crippen LogP contribution in [0.4, 0.5) is 13.2 Å². The molecule has 0 aromatic heterocycles. The molecule has 0 bridgehead atoms. The highest BCUT2D eigenvalue weighted by Gasteiger charge is 2.54. The van der Waals surface area contributed by atoms with Gasteiger partial charge in [-0.2, -0.15) is 13.2 Å². The maximum atomic E-state index is 13.5. The molecule has 8 heteroatoms. The second kappa shape index (κ2) is 9.54. The number of carbonyl (C=O) groups excluding carboxylic acids is 2. The minimum absolute atomic E-state index is 0.0969. The number of benzene rings is 2. The van der Waals surface area contributed by atoms with Crippen LogP contribution in [0.15, 0.2) is 54.6 Å². The summed E-state index contributed by atoms with van der Waals surface area (Å²) < 4.78 is 39.2. The smallest absolute Gasteiger partial charge is 0.347 e. The number of alkyl halides is 3. The van der Waals surface area contributed by atoms with Crippen LogP contribution in [0.2, 0.25) is 0 Å². The van der Waals surface area contributed by atoms with Crippen molar-refractivity contribution >= 4 is 11.8 Å². The number of amides is 2. The Morgan fingerprint density at radius 2 is 1.61 bits per heavy atom. The van der Waals surface area contributed by atoms with Crippen LogP contribution in [0, 0.1) is 5.92 Å². The summed E-state index contributed by atoms with van der Waals surface area (Å²) >= 11 is 0. The fraction of sp³-hybridized carbons (Fsp3) is 0.500. The van der Waals surface area contributed by atoms with Crippen LogP contribution < -0.4 is 16.0 Å². The molecule has 2 aliphatic carbocycles. The third-order valence-electron chi connectivity index (χ3n) is 8.32. The molecule has 2 aromatic rings. The lowest BCUT2D eigenvalue weighted by atomic mass is 9.69. The topological polar surface area (TPSA) is 70.2 Å². The summed E-state index contributed by atoms with van der Waals surface area (Å²) in [4.78, 5) is 26.3. The van der Waals surface area contributed by atoms with Gasteiger partial charge in [-0.1, -0.05) is 36.4 Å². The van der Waals surface area contributed by atoms with Crippen molar-refractivity contribution in [1.82, 2.24) is 16.0 Å². The van der Waals surface area contributed by atoms with Crippen LogP contribution in [0.25, 0.3) is 0 Å². The molecular formula is C28H32F3N3O2. The number of nitrogens with one attached hydrogen (secondary N) is 3. The van der Waals surface area contributed by atoms with Crippen molar-refractivity contribution in [3.05, 3.63) is 71.3 Å². The Morgan fingerprint density at radius 1 is 0.889 bits per heavy atom. The van der Waals surface area contributed by atoms with Gasteiger partial charge in [0.05, 0.1) is 11.1 Å². The summed E-state index contributed by atoms with van der Waals surface area (Å²) in [5.74, 6) is -0.00936. The molecule has 5 nitrogen and oxygen atoms in total. The van der Waals surface area contributed by atoms with Gasteiger partial charge in [0.1, 0.15) is 5.54 Å². The van der Waals surface area contributed by atoms with Crippen LogP contribution >= 0.6 is 0 Å². The molecule has 3 N–H and O–H groups in total. The highest BCUT2D eigenvalue weighted by Crippen LogP contribution is 2.43. The van der Waals surface area contributed by atoms with Crippen LogP contribution in [0.1, 0.15) is 72.3 Å². The molecule has 0 spiro atoms. The summed E-state index contributed by atoms with van der Waals surface area (Å²) in [6.07, 6.45) is 1.44. The lowest BCUT2D eigenvalue weighted by Gasteiger charge is -2.42. The van der Waals surface area contributed by atoms with E-state index >= 15 is 0 Å². The Labute approximate surface area is 209 Å². The largest absolute Gasteiger partial charge is 0.416 e. The normalized spacial score (nSPS) is 27.3. The number of rotatable bonds is 6. The Balaban J connectivity index is 1.25. The van der Waals surface area contributed by atoms with Gasteiger partial charge in [0.2, 0.25) is 5.91 Å². The van der Waals surface area contributed by atoms with E-state index in [2.05, 4.69) is 40.2 Å². The van der Waals surface area contributed by atoms with Gasteiger partial charge in [-0.15, -0.1) is 0 Å². The van der Waals surface area contributed by atoms with Gasteiger partial charge in [0.15, 0.2) is 0 Å². The molecule has 1 atom stereocenters. The number of hydrogen-bond donors (Lipinski definition) is 3. The molecule has 2 amide bonds. The Hall–Kier alpha value is -2.87. The minimum Gasteiger partial charge on any atom is -0.347 e. The van der Waals surface area contributed by atoms with Crippen molar-refractivity contribution in [3.63, 3.8) is 0 Å². The summed E-state index contributed by atoms with van der Waals surface area (Å²) in [5, 5.41) is 9.47. The lowest BCUT2D eigenvalue weighted by Crippen LogP contribution is -2.61. The Morgan fingerprint density at radius 3 is 2.22 bits per heavy atom. The monoisotopic (exact) mass is 499 g/mol. The van der Waals surface area contributed by atoms with E-state index in [0.29, 0.717) is 31.2 Å². The fourth-order valence-electron chi connectivity index (χ4n) is 5.98. The molecule has 3 aliphatic rings. The van der Waals surface area contributed by atoms with E-state index < -0.39 is 23.2 Å². The number of carbonyl (C=O) groups is 2. The number of halogens is 3. The van der Waals surface area contributed by atoms with E-state index in [1.807, 2.05) is 6.07 Å². The molecule has 1 saturated heterocycles. The Bertz CT molecular complexity index is 1100. The molecular weight excluding hydrogens is 467 g/mol. The molecule has 192 valence electrons. The zero-order valence-electron chi connectivity index (χ0n) is 20.2. The predicted octanol–water partition coefficient (Wildman–Crippen LogP) is 4.79. The Kier molecular flexibility index (Phi) is 6.57. The molecule has 2 saturated carbocycles. The summed E-state index contributed by atoms with van der Waals surface area (Å²) in [5.41, 5.74) is -1.03. The van der Waals surface area contributed by atoms with Gasteiger partial charge in [-0.25, -0.2) is 0 Å². The van der Waals surface area contributed by atoms with Gasteiger partial charge in [0.25, 0.3) is 5.91 Å². The highest BCUT2D eigenvalue weighted by atomic mass is 19.4. The summed E-state index contributed by atoms with van der Waals surface area (Å²) in [6.45, 7) is 1.51. The quantitative estimate of drug-likeness (QED) is 0.535. The molecule has 5 rings (SSSR count). The zero-order valence-corrected chi connectivity index (χ0v) is 20.2. The molecule has 0 radical (unpaired) electrons. The van der Waals surface area contributed by atoms with E-state index in [9.17, 15) is 22.8 Å². The first kappa shape index (κ1) is 24.8. The molecule has 2 aromatic carbocycles. The first-order valence-electron chi connectivity index (χ1n) is 12.8. The van der Waals surface area contributed by atoms with Crippen molar-refractivity contribution in [2.24, 2.45) is 5.92 Å². The zero-order chi connectivity index (χ0) is 25.4. The van der Waals surface area contributed by atoms with Crippen LogP contribution in [0.3, 0.4) is 0 Å². The van der Waals surface area contributed by atoms with E-state index in [1.165, 1.54) is 17.7 Å². The average Bonchev–Trinajstić information content (AvgIpc) is 3.52. The van der Waals surface area contributed by atoms with E-state index in [-0.39, 0.29) is 17.0 Å². The molecule has 0 unspecified atom stereocenters. The van der Waals surface area contributed by atoms with Crippen molar-refractivity contribution in [1.29, 1.82) is 0 Å². The third kappa shape index (κ3) is 5.01. The summed E-state index contributed by atoms with van der Waals surface area (Å²) in [7, 11) is 0. The van der Waals surface area contributed by atoms with Crippen molar-refractivity contribution in [3.8, 4) is 0 Å². The first-order valence-corrected chi connectivity index (χ1v) is 12.8. The van der Waals surface area contributed by atoms with E-state index in [4.69, 9.17) is 0 Å². The van der Waals surface area contributed by atoms with Crippen LogP contribution in [-0.4, -0.2) is 36.0 Å². The van der Waals surface area contributed by atoms with Gasteiger partial charge in [-0.05, 0) is 87.1 Å². The third-order valence-corrected chi connectivity index (χ3v) is 8.32. The van der Waals surface area contributed by atoms with Gasteiger partial charge >= 0.3 is 6.18 Å². The van der Waals surface area contributed by atoms with Crippen LogP contribution in [-0.2, 0) is 11.0 Å². The second-order valence-corrected chi connectivity index (χ2v) is 10.6. The van der Waals surface area contributed by atoms with E-state index in [0.717, 1.165) is 50.8 Å². The van der Waals surface area contributed by atoms with Crippen molar-refractivity contribution in [2.75, 3.05) is 13.1 Å². The standard InChI is InChI=1S/C28H32F3N3O2/c29-28(30,31)23-8-4-7-21(17-23)24(35)33-26(13-14-26)25(36)34-27(15-16-32-18-27)22-11-9-20(10-12-22)19-5-2-1-3-6-19/h1-8,17,20,22,32H,9-16,18H2,(H,33,35)(H,34,36)/t20?,22?,27-/m0/s1. The molecule has 1 heterocycles. The second-order valence-electron chi connectivity index (χ2n) is 10.6. The lowest BCUT2D eigenvalue weighted by molar-refractivity contribution is -0.137. The molecule has 1 aliphatic heterocycles. The molecule has 36 heavy (non-hydrogen) atoms. The van der Waals surface area contributed by atoms with Gasteiger partial charge in [0, 0.05) is 12.1 Å². The van der Waals surface area contributed by atoms with Gasteiger partial charge < -0.3 is 16.0 Å². The fourth-order valence-corrected chi connectivity index (χ4v) is 5.98. The van der Waals surface area contributed by atoms with Crippen molar-refractivity contribution in [2.45, 2.75) is 68.1 Å². The van der Waals surface area contributed by atoms with Gasteiger partial charge in [-0.3, -0.25) is 9.59 Å². The number of hydrogen-bond acceptors (Lipinski definition) is 3.